The van der Waals surface area contributed by atoms with E-state index in [-0.39, 0.29) is 17.7 Å². The van der Waals surface area contributed by atoms with Crippen LogP contribution in [0.3, 0.4) is 0 Å². The average Bonchev–Trinajstić information content (AvgIpc) is 2.13. The fraction of sp³-hybridized carbons (Fsp3) is 0.818. The van der Waals surface area contributed by atoms with Gasteiger partial charge in [-0.25, -0.2) is 0 Å². The Morgan fingerprint density at radius 2 is 2.20 bits per heavy atom. The van der Waals surface area contributed by atoms with Crippen LogP contribution in [0.15, 0.2) is 0 Å². The van der Waals surface area contributed by atoms with Crippen molar-refractivity contribution in [3.8, 4) is 6.07 Å². The smallest absolute Gasteiger partial charge is 0.225 e. The molecule has 1 amide bonds. The second-order valence-corrected chi connectivity index (χ2v) is 4.46. The lowest BCUT2D eigenvalue weighted by Crippen LogP contribution is -2.50. The number of nitrogens with zero attached hydrogens (tertiary/aromatic N) is 2. The summed E-state index contributed by atoms with van der Waals surface area (Å²) in [6, 6.07) is 2.14. The minimum atomic E-state index is -0.0920. The first-order chi connectivity index (χ1) is 7.06. The molecule has 15 heavy (non-hydrogen) atoms. The van der Waals surface area contributed by atoms with Crippen LogP contribution in [0.25, 0.3) is 0 Å². The molecule has 0 aromatic heterocycles. The SMILES string of the molecule is CC(C#N)CN(C)C(=O)C(C)C1CNC1. The molecule has 84 valence electrons. The third-order valence-corrected chi connectivity index (χ3v) is 3.05. The van der Waals surface area contributed by atoms with E-state index in [1.165, 1.54) is 0 Å². The summed E-state index contributed by atoms with van der Waals surface area (Å²) in [7, 11) is 1.78. The van der Waals surface area contributed by atoms with Crippen molar-refractivity contribution in [1.29, 1.82) is 5.26 Å². The van der Waals surface area contributed by atoms with Crippen LogP contribution in [0.5, 0.6) is 0 Å². The predicted octanol–water partition coefficient (Wildman–Crippen LogP) is 0.460. The van der Waals surface area contributed by atoms with Gasteiger partial charge >= 0.3 is 0 Å². The maximum Gasteiger partial charge on any atom is 0.225 e. The predicted molar refractivity (Wildman–Crippen MR) is 57.9 cm³/mol. The zero-order valence-corrected chi connectivity index (χ0v) is 9.66. The van der Waals surface area contributed by atoms with Crippen LogP contribution < -0.4 is 5.32 Å². The molecule has 0 saturated carbocycles. The summed E-state index contributed by atoms with van der Waals surface area (Å²) in [5.74, 6) is 0.605. The van der Waals surface area contributed by atoms with E-state index < -0.39 is 0 Å². The summed E-state index contributed by atoms with van der Waals surface area (Å²) in [5, 5.41) is 11.8. The Labute approximate surface area is 91.2 Å². The van der Waals surface area contributed by atoms with Gasteiger partial charge in [0.15, 0.2) is 0 Å². The van der Waals surface area contributed by atoms with Crippen LogP contribution in [-0.2, 0) is 4.79 Å². The number of hydrogen-bond donors (Lipinski definition) is 1. The van der Waals surface area contributed by atoms with Gasteiger partial charge in [-0.3, -0.25) is 4.79 Å². The third-order valence-electron chi connectivity index (χ3n) is 3.05. The molecular weight excluding hydrogens is 190 g/mol. The summed E-state index contributed by atoms with van der Waals surface area (Å²) in [6.45, 7) is 6.21. The maximum absolute atomic E-state index is 11.9. The summed E-state index contributed by atoms with van der Waals surface area (Å²) >= 11 is 0. The van der Waals surface area contributed by atoms with E-state index in [0.717, 1.165) is 13.1 Å². The van der Waals surface area contributed by atoms with Gasteiger partial charge in [-0.15, -0.1) is 0 Å². The van der Waals surface area contributed by atoms with Crippen molar-refractivity contribution in [3.05, 3.63) is 0 Å². The molecule has 2 atom stereocenters. The lowest BCUT2D eigenvalue weighted by molar-refractivity contribution is -0.136. The molecule has 0 bridgehead atoms. The van der Waals surface area contributed by atoms with Gasteiger partial charge in [0.2, 0.25) is 5.91 Å². The monoisotopic (exact) mass is 209 g/mol. The highest BCUT2D eigenvalue weighted by atomic mass is 16.2. The van der Waals surface area contributed by atoms with Gasteiger partial charge in [0.1, 0.15) is 0 Å². The Bertz CT molecular complexity index is 267. The summed E-state index contributed by atoms with van der Waals surface area (Å²) in [5.41, 5.74) is 0. The van der Waals surface area contributed by atoms with E-state index in [2.05, 4.69) is 11.4 Å². The van der Waals surface area contributed by atoms with Crippen LogP contribution in [0, 0.1) is 29.1 Å². The fourth-order valence-corrected chi connectivity index (χ4v) is 1.76. The van der Waals surface area contributed by atoms with Crippen LogP contribution in [0.1, 0.15) is 13.8 Å². The molecule has 0 spiro atoms. The molecule has 4 nitrogen and oxygen atoms in total. The molecule has 2 unspecified atom stereocenters. The largest absolute Gasteiger partial charge is 0.344 e. The first-order valence-corrected chi connectivity index (χ1v) is 5.41. The van der Waals surface area contributed by atoms with E-state index >= 15 is 0 Å². The van der Waals surface area contributed by atoms with Crippen molar-refractivity contribution < 1.29 is 4.79 Å². The number of nitrogens with one attached hydrogen (secondary N) is 1. The number of carbonyl (C=O) groups excluding carboxylic acids is 1. The molecule has 4 heteroatoms. The van der Waals surface area contributed by atoms with Gasteiger partial charge in [-0.05, 0) is 25.9 Å². The van der Waals surface area contributed by atoms with Gasteiger partial charge in [0.05, 0.1) is 12.0 Å². The Kier molecular flexibility index (Phi) is 4.10. The van der Waals surface area contributed by atoms with Gasteiger partial charge in [-0.2, -0.15) is 5.26 Å². The third kappa shape index (κ3) is 2.93. The minimum absolute atomic E-state index is 0.0714. The fourth-order valence-electron chi connectivity index (χ4n) is 1.76. The summed E-state index contributed by atoms with van der Waals surface area (Å²) < 4.78 is 0. The first kappa shape index (κ1) is 12.0. The molecule has 1 heterocycles. The number of hydrogen-bond acceptors (Lipinski definition) is 3. The van der Waals surface area contributed by atoms with Crippen molar-refractivity contribution in [1.82, 2.24) is 10.2 Å². The van der Waals surface area contributed by atoms with Gasteiger partial charge in [0.25, 0.3) is 0 Å². The Balaban J connectivity index is 2.41. The molecule has 1 aliphatic rings. The lowest BCUT2D eigenvalue weighted by atomic mass is 9.88. The van der Waals surface area contributed by atoms with Gasteiger partial charge in [-0.1, -0.05) is 6.92 Å². The molecule has 1 fully saturated rings. The number of rotatable bonds is 4. The molecule has 1 aliphatic heterocycles. The second kappa shape index (κ2) is 5.13. The van der Waals surface area contributed by atoms with Crippen molar-refractivity contribution in [2.45, 2.75) is 13.8 Å². The normalized spacial score (nSPS) is 19.9. The molecule has 0 aliphatic carbocycles. The second-order valence-electron chi connectivity index (χ2n) is 4.46. The van der Waals surface area contributed by atoms with Crippen molar-refractivity contribution in [3.63, 3.8) is 0 Å². The molecule has 1 rings (SSSR count). The van der Waals surface area contributed by atoms with Crippen molar-refractivity contribution in [2.75, 3.05) is 26.7 Å². The molecule has 0 aromatic carbocycles. The van der Waals surface area contributed by atoms with Crippen LogP contribution in [0.2, 0.25) is 0 Å². The molecule has 1 saturated heterocycles. The summed E-state index contributed by atoms with van der Waals surface area (Å²) in [4.78, 5) is 13.6. The lowest BCUT2D eigenvalue weighted by Gasteiger charge is -2.34. The van der Waals surface area contributed by atoms with E-state index in [1.807, 2.05) is 13.8 Å². The van der Waals surface area contributed by atoms with E-state index in [4.69, 9.17) is 5.26 Å². The van der Waals surface area contributed by atoms with Crippen molar-refractivity contribution in [2.24, 2.45) is 17.8 Å². The van der Waals surface area contributed by atoms with E-state index in [0.29, 0.717) is 12.5 Å². The number of carbonyl (C=O) groups is 1. The maximum atomic E-state index is 11.9. The molecule has 0 radical (unpaired) electrons. The Morgan fingerprint density at radius 3 is 2.60 bits per heavy atom. The molecular formula is C11H19N3O. The van der Waals surface area contributed by atoms with Gasteiger partial charge < -0.3 is 10.2 Å². The topological polar surface area (TPSA) is 56.1 Å². The highest BCUT2D eigenvalue weighted by Gasteiger charge is 2.30. The average molecular weight is 209 g/mol. The van der Waals surface area contributed by atoms with E-state index in [9.17, 15) is 4.79 Å². The quantitative estimate of drug-likeness (QED) is 0.732. The van der Waals surface area contributed by atoms with Crippen molar-refractivity contribution >= 4 is 5.91 Å². The minimum Gasteiger partial charge on any atom is -0.344 e. The van der Waals surface area contributed by atoms with Crippen LogP contribution in [0.4, 0.5) is 0 Å². The summed E-state index contributed by atoms with van der Waals surface area (Å²) in [6.07, 6.45) is 0. The Hall–Kier alpha value is -1.08. The highest BCUT2D eigenvalue weighted by Crippen LogP contribution is 2.18. The van der Waals surface area contributed by atoms with Gasteiger partial charge in [0, 0.05) is 19.5 Å². The number of amides is 1. The highest BCUT2D eigenvalue weighted by molar-refractivity contribution is 5.78. The van der Waals surface area contributed by atoms with E-state index in [1.54, 1.807) is 11.9 Å². The Morgan fingerprint density at radius 1 is 1.60 bits per heavy atom. The zero-order valence-electron chi connectivity index (χ0n) is 9.66. The first-order valence-electron chi connectivity index (χ1n) is 5.41. The number of nitriles is 1. The van der Waals surface area contributed by atoms with Crippen LogP contribution in [-0.4, -0.2) is 37.5 Å². The van der Waals surface area contributed by atoms with Crippen LogP contribution >= 0.6 is 0 Å². The molecule has 0 aromatic rings. The molecule has 1 N–H and O–H groups in total. The standard InChI is InChI=1S/C11H19N3O/c1-8(4-12)7-14(3)11(15)9(2)10-5-13-6-10/h8-10,13H,5-7H2,1-3H3. The zero-order chi connectivity index (χ0) is 11.4.